The second-order valence-corrected chi connectivity index (χ2v) is 3.08. The fourth-order valence-corrected chi connectivity index (χ4v) is 1.17. The number of hydrogen-bond acceptors (Lipinski definition) is 3. The number of hydrogen-bond donors (Lipinski definition) is 0. The highest BCUT2D eigenvalue weighted by atomic mass is 19.4. The predicted octanol–water partition coefficient (Wildman–Crippen LogP) is 2.36. The second kappa shape index (κ2) is 2.71. The van der Waals surface area contributed by atoms with Gasteiger partial charge in [-0.2, -0.15) is 18.2 Å². The molecule has 0 spiro atoms. The van der Waals surface area contributed by atoms with Gasteiger partial charge in [0.05, 0.1) is 0 Å². The monoisotopic (exact) mass is 192 g/mol. The van der Waals surface area contributed by atoms with Crippen LogP contribution in [0.4, 0.5) is 13.2 Å². The molecule has 0 amide bonds. The van der Waals surface area contributed by atoms with Crippen molar-refractivity contribution in [3.8, 4) is 0 Å². The summed E-state index contributed by atoms with van der Waals surface area (Å²) >= 11 is 0. The molecule has 6 heteroatoms. The minimum atomic E-state index is -4.49. The van der Waals surface area contributed by atoms with E-state index in [-0.39, 0.29) is 11.8 Å². The molecule has 1 aromatic heterocycles. The molecule has 0 N–H and O–H groups in total. The Bertz CT molecular complexity index is 303. The van der Waals surface area contributed by atoms with Gasteiger partial charge in [-0.3, -0.25) is 0 Å². The first-order valence-electron chi connectivity index (χ1n) is 3.98. The maximum absolute atomic E-state index is 12.0. The van der Waals surface area contributed by atoms with Crippen LogP contribution < -0.4 is 0 Å². The lowest BCUT2D eigenvalue weighted by Gasteiger charge is -2.20. The van der Waals surface area contributed by atoms with Gasteiger partial charge in [-0.05, 0) is 12.8 Å². The largest absolute Gasteiger partial charge is 0.455 e. The van der Waals surface area contributed by atoms with Gasteiger partial charge in [0.2, 0.25) is 5.89 Å². The quantitative estimate of drug-likeness (QED) is 0.685. The Morgan fingerprint density at radius 2 is 2.00 bits per heavy atom. The molecule has 0 atom stereocenters. The van der Waals surface area contributed by atoms with Gasteiger partial charge in [0.1, 0.15) is 0 Å². The SMILES string of the molecule is FC(F)(F)c1noc(C2CCC2)n1. The van der Waals surface area contributed by atoms with Crippen LogP contribution in [0.2, 0.25) is 0 Å². The molecule has 1 saturated carbocycles. The van der Waals surface area contributed by atoms with E-state index in [4.69, 9.17) is 0 Å². The van der Waals surface area contributed by atoms with Crippen molar-refractivity contribution in [2.75, 3.05) is 0 Å². The summed E-state index contributed by atoms with van der Waals surface area (Å²) in [6.45, 7) is 0. The standard InChI is InChI=1S/C7H7F3N2O/c8-7(9,10)6-11-5(13-12-6)4-2-1-3-4/h4H,1-3H2. The maximum Gasteiger partial charge on any atom is 0.455 e. The molecule has 0 saturated heterocycles. The second-order valence-electron chi connectivity index (χ2n) is 3.08. The third-order valence-corrected chi connectivity index (χ3v) is 2.15. The van der Waals surface area contributed by atoms with Crippen molar-refractivity contribution in [3.63, 3.8) is 0 Å². The van der Waals surface area contributed by atoms with E-state index in [1.54, 1.807) is 0 Å². The van der Waals surface area contributed by atoms with Gasteiger partial charge in [-0.1, -0.05) is 11.6 Å². The lowest BCUT2D eigenvalue weighted by Crippen LogP contribution is -2.11. The lowest BCUT2D eigenvalue weighted by atomic mass is 9.85. The van der Waals surface area contributed by atoms with Crippen LogP contribution >= 0.6 is 0 Å². The predicted molar refractivity (Wildman–Crippen MR) is 35.9 cm³/mol. The summed E-state index contributed by atoms with van der Waals surface area (Å²) in [5.41, 5.74) is 0. The Balaban J connectivity index is 2.17. The van der Waals surface area contributed by atoms with Crippen LogP contribution in [0, 0.1) is 0 Å². The summed E-state index contributed by atoms with van der Waals surface area (Å²) in [4.78, 5) is 3.30. The molecule has 1 fully saturated rings. The van der Waals surface area contributed by atoms with Crippen molar-refractivity contribution in [2.45, 2.75) is 31.4 Å². The number of rotatable bonds is 1. The average molecular weight is 192 g/mol. The van der Waals surface area contributed by atoms with Gasteiger partial charge in [0, 0.05) is 5.92 Å². The molecule has 13 heavy (non-hydrogen) atoms. The third kappa shape index (κ3) is 1.52. The summed E-state index contributed by atoms with van der Waals surface area (Å²) in [5.74, 6) is -1.00. The fourth-order valence-electron chi connectivity index (χ4n) is 1.17. The van der Waals surface area contributed by atoms with Crippen LogP contribution in [0.15, 0.2) is 4.52 Å². The molecule has 0 aromatic carbocycles. The van der Waals surface area contributed by atoms with E-state index in [2.05, 4.69) is 14.7 Å². The van der Waals surface area contributed by atoms with Gasteiger partial charge in [0.15, 0.2) is 0 Å². The van der Waals surface area contributed by atoms with Crippen LogP contribution in [0.1, 0.15) is 36.9 Å². The molecule has 1 heterocycles. The van der Waals surface area contributed by atoms with E-state index >= 15 is 0 Å². The zero-order valence-corrected chi connectivity index (χ0v) is 6.64. The van der Waals surface area contributed by atoms with Crippen LogP contribution in [0.25, 0.3) is 0 Å². The minimum Gasteiger partial charge on any atom is -0.339 e. The van der Waals surface area contributed by atoms with E-state index in [1.807, 2.05) is 0 Å². The van der Waals surface area contributed by atoms with Gasteiger partial charge in [0.25, 0.3) is 5.82 Å². The van der Waals surface area contributed by atoms with Gasteiger partial charge in [-0.25, -0.2) is 0 Å². The zero-order valence-electron chi connectivity index (χ0n) is 6.64. The first-order chi connectivity index (χ1) is 6.07. The Morgan fingerprint density at radius 3 is 2.38 bits per heavy atom. The zero-order chi connectivity index (χ0) is 9.47. The average Bonchev–Trinajstić information content (AvgIpc) is 2.29. The van der Waals surface area contributed by atoms with Crippen LogP contribution in [0.3, 0.4) is 0 Å². The minimum absolute atomic E-state index is 0.0450. The molecular formula is C7H7F3N2O. The van der Waals surface area contributed by atoms with E-state index in [9.17, 15) is 13.2 Å². The lowest BCUT2D eigenvalue weighted by molar-refractivity contribution is -0.146. The number of alkyl halides is 3. The van der Waals surface area contributed by atoms with Crippen molar-refractivity contribution in [3.05, 3.63) is 11.7 Å². The molecule has 72 valence electrons. The van der Waals surface area contributed by atoms with E-state index in [0.29, 0.717) is 0 Å². The molecule has 1 aliphatic rings. The smallest absolute Gasteiger partial charge is 0.339 e. The molecule has 3 nitrogen and oxygen atoms in total. The Labute approximate surface area is 71.9 Å². The number of halogens is 3. The molecule has 0 bridgehead atoms. The molecule has 0 radical (unpaired) electrons. The van der Waals surface area contributed by atoms with E-state index in [1.165, 1.54) is 0 Å². The highest BCUT2D eigenvalue weighted by Crippen LogP contribution is 2.36. The number of nitrogens with zero attached hydrogens (tertiary/aromatic N) is 2. The Hall–Kier alpha value is -1.07. The van der Waals surface area contributed by atoms with Crippen LogP contribution in [0.5, 0.6) is 0 Å². The summed E-state index contributed by atoms with van der Waals surface area (Å²) in [6, 6.07) is 0. The third-order valence-electron chi connectivity index (χ3n) is 2.15. The van der Waals surface area contributed by atoms with Gasteiger partial charge >= 0.3 is 6.18 Å². The topological polar surface area (TPSA) is 38.9 Å². The van der Waals surface area contributed by atoms with Crippen LogP contribution in [-0.4, -0.2) is 10.1 Å². The molecule has 1 aliphatic carbocycles. The Morgan fingerprint density at radius 1 is 1.31 bits per heavy atom. The van der Waals surface area contributed by atoms with E-state index < -0.39 is 12.0 Å². The first-order valence-corrected chi connectivity index (χ1v) is 3.98. The molecule has 1 aromatic rings. The van der Waals surface area contributed by atoms with Gasteiger partial charge < -0.3 is 4.52 Å². The van der Waals surface area contributed by atoms with Gasteiger partial charge in [-0.15, -0.1) is 0 Å². The molecular weight excluding hydrogens is 185 g/mol. The summed E-state index contributed by atoms with van der Waals surface area (Å²) in [7, 11) is 0. The normalized spacial score (nSPS) is 18.7. The molecule has 0 aliphatic heterocycles. The summed E-state index contributed by atoms with van der Waals surface area (Å²) in [6.07, 6.45) is -1.78. The van der Waals surface area contributed by atoms with Crippen molar-refractivity contribution in [1.29, 1.82) is 0 Å². The molecule has 2 rings (SSSR count). The highest BCUT2D eigenvalue weighted by Gasteiger charge is 2.38. The number of aromatic nitrogens is 2. The molecule has 0 unspecified atom stereocenters. The van der Waals surface area contributed by atoms with E-state index in [0.717, 1.165) is 19.3 Å². The summed E-state index contributed by atoms with van der Waals surface area (Å²) in [5, 5.41) is 2.88. The van der Waals surface area contributed by atoms with Crippen molar-refractivity contribution < 1.29 is 17.7 Å². The van der Waals surface area contributed by atoms with Crippen molar-refractivity contribution in [2.24, 2.45) is 0 Å². The Kier molecular flexibility index (Phi) is 1.78. The first kappa shape index (κ1) is 8.52. The highest BCUT2D eigenvalue weighted by molar-refractivity contribution is 4.99. The van der Waals surface area contributed by atoms with Crippen molar-refractivity contribution >= 4 is 0 Å². The van der Waals surface area contributed by atoms with Crippen LogP contribution in [-0.2, 0) is 6.18 Å². The van der Waals surface area contributed by atoms with Crippen molar-refractivity contribution in [1.82, 2.24) is 10.1 Å². The summed E-state index contributed by atoms with van der Waals surface area (Å²) < 4.78 is 40.5. The maximum atomic E-state index is 12.0. The fraction of sp³-hybridized carbons (Fsp3) is 0.714.